The Morgan fingerprint density at radius 3 is 2.58 bits per heavy atom. The van der Waals surface area contributed by atoms with Gasteiger partial charge in [-0.15, -0.1) is 0 Å². The first-order valence-electron chi connectivity index (χ1n) is 10.3. The summed E-state index contributed by atoms with van der Waals surface area (Å²) in [7, 11) is 2.38. The lowest BCUT2D eigenvalue weighted by Gasteiger charge is -2.64. The van der Waals surface area contributed by atoms with Gasteiger partial charge in [-0.1, -0.05) is 39.3 Å². The third-order valence-corrected chi connectivity index (χ3v) is 9.61. The highest BCUT2D eigenvalue weighted by atomic mass is 16.3. The van der Waals surface area contributed by atoms with Crippen LogP contribution in [0.3, 0.4) is 0 Å². The van der Waals surface area contributed by atoms with Gasteiger partial charge >= 0.3 is 0 Å². The van der Waals surface area contributed by atoms with Crippen LogP contribution in [-0.4, -0.2) is 41.3 Å². The maximum atomic E-state index is 12.4. The number of aliphatic hydroxyl groups excluding tert-OH is 1. The molecule has 0 amide bonds. The van der Waals surface area contributed by atoms with E-state index in [1.807, 2.05) is 0 Å². The molecule has 7 unspecified atom stereocenters. The van der Waals surface area contributed by atoms with E-state index in [0.29, 0.717) is 42.7 Å². The Balaban J connectivity index is 1.68. The van der Waals surface area contributed by atoms with Gasteiger partial charge in [-0.3, -0.25) is 9.59 Å². The summed E-state index contributed by atoms with van der Waals surface area (Å²) in [5.74, 6) is 1.24. The number of hydrogen-bond donors (Lipinski definition) is 2. The molecule has 5 heteroatoms. The Kier molecular flexibility index (Phi) is 4.07. The van der Waals surface area contributed by atoms with Crippen molar-refractivity contribution in [2.75, 3.05) is 6.61 Å². The monoisotopic (exact) mass is 359 g/mol. The maximum Gasteiger partial charge on any atom is 0.190 e. The van der Waals surface area contributed by atoms with E-state index in [1.165, 1.54) is 0 Å². The number of Topliss-reactive ketones (excluding diaryl/α,β-unsaturated/α-hetero) is 2. The minimum Gasteiger partial charge on any atom is -0.388 e. The maximum absolute atomic E-state index is 12.4. The van der Waals surface area contributed by atoms with E-state index in [1.54, 1.807) is 0 Å². The van der Waals surface area contributed by atoms with Gasteiger partial charge in [0.1, 0.15) is 25.3 Å². The summed E-state index contributed by atoms with van der Waals surface area (Å²) in [6.45, 7) is 6.17. The van der Waals surface area contributed by atoms with Crippen LogP contribution in [-0.2, 0) is 9.59 Å². The molecule has 0 spiro atoms. The molecule has 3 aliphatic carbocycles. The summed E-state index contributed by atoms with van der Waals surface area (Å²) in [6, 6.07) is 0. The smallest absolute Gasteiger partial charge is 0.190 e. The van der Waals surface area contributed by atoms with Crippen LogP contribution in [0.5, 0.6) is 0 Å². The second kappa shape index (κ2) is 5.67. The fraction of sp³-hybridized carbons (Fsp3) is 0.905. The van der Waals surface area contributed by atoms with Gasteiger partial charge < -0.3 is 10.2 Å². The van der Waals surface area contributed by atoms with Crippen LogP contribution in [0.2, 0.25) is 12.1 Å². The number of carbonyl (C=O) groups excluding carboxylic acids is 2. The van der Waals surface area contributed by atoms with Gasteiger partial charge in [-0.05, 0) is 53.8 Å². The zero-order valence-corrected chi connectivity index (χ0v) is 16.4. The SMILES string of the molecule is CC12CCC3C([B]CC4(C)C3CCC4(O)C(=O)CO)C1(C)CCC(=O)C2. The van der Waals surface area contributed by atoms with Crippen LogP contribution in [0.4, 0.5) is 0 Å². The number of hydrogen-bond acceptors (Lipinski definition) is 4. The fourth-order valence-electron chi connectivity index (χ4n) is 7.64. The number of fused-ring (bicyclic) bond motifs is 5. The van der Waals surface area contributed by atoms with Crippen molar-refractivity contribution < 1.29 is 19.8 Å². The third-order valence-electron chi connectivity index (χ3n) is 9.61. The first-order chi connectivity index (χ1) is 12.1. The molecule has 1 radical (unpaired) electrons. The van der Waals surface area contributed by atoms with Gasteiger partial charge in [0.2, 0.25) is 0 Å². The average Bonchev–Trinajstić information content (AvgIpc) is 2.88. The van der Waals surface area contributed by atoms with Gasteiger partial charge in [0.15, 0.2) is 5.78 Å². The Bertz CT molecular complexity index is 650. The van der Waals surface area contributed by atoms with Crippen LogP contribution < -0.4 is 0 Å². The molecule has 4 fully saturated rings. The summed E-state index contributed by atoms with van der Waals surface area (Å²) >= 11 is 0. The third kappa shape index (κ3) is 2.10. The molecule has 143 valence electrons. The van der Waals surface area contributed by atoms with E-state index in [4.69, 9.17) is 0 Å². The van der Waals surface area contributed by atoms with Crippen molar-refractivity contribution >= 4 is 18.8 Å². The average molecular weight is 359 g/mol. The Hall–Kier alpha value is -0.675. The molecule has 0 bridgehead atoms. The topological polar surface area (TPSA) is 74.6 Å². The Morgan fingerprint density at radius 2 is 1.88 bits per heavy atom. The highest BCUT2D eigenvalue weighted by Crippen LogP contribution is 2.71. The van der Waals surface area contributed by atoms with E-state index in [0.717, 1.165) is 32.0 Å². The van der Waals surface area contributed by atoms with Crippen molar-refractivity contribution in [1.29, 1.82) is 0 Å². The lowest BCUT2D eigenvalue weighted by Crippen LogP contribution is -2.61. The molecule has 1 heterocycles. The van der Waals surface area contributed by atoms with Crippen molar-refractivity contribution in [3.05, 3.63) is 0 Å². The molecule has 4 aliphatic rings. The number of ketones is 2. The second-order valence-corrected chi connectivity index (χ2v) is 10.4. The Morgan fingerprint density at radius 1 is 1.15 bits per heavy atom. The van der Waals surface area contributed by atoms with E-state index in [-0.39, 0.29) is 10.8 Å². The van der Waals surface area contributed by atoms with E-state index >= 15 is 0 Å². The summed E-state index contributed by atoms with van der Waals surface area (Å²) < 4.78 is 0. The normalized spacial score (nSPS) is 53.3. The van der Waals surface area contributed by atoms with Crippen LogP contribution in [0.25, 0.3) is 0 Å². The first kappa shape index (κ1) is 18.7. The van der Waals surface area contributed by atoms with Crippen LogP contribution >= 0.6 is 0 Å². The van der Waals surface area contributed by atoms with Crippen molar-refractivity contribution in [2.45, 2.75) is 83.5 Å². The molecule has 3 saturated carbocycles. The fourth-order valence-corrected chi connectivity index (χ4v) is 7.64. The summed E-state index contributed by atoms with van der Waals surface area (Å²) in [4.78, 5) is 24.5. The number of carbonyl (C=O) groups is 2. The molecule has 4 rings (SSSR count). The Labute approximate surface area is 157 Å². The predicted molar refractivity (Wildman–Crippen MR) is 100.0 cm³/mol. The van der Waals surface area contributed by atoms with Crippen LogP contribution in [0, 0.1) is 28.1 Å². The second-order valence-electron chi connectivity index (χ2n) is 10.4. The number of aliphatic hydroxyl groups is 2. The van der Waals surface area contributed by atoms with E-state index in [9.17, 15) is 19.8 Å². The van der Waals surface area contributed by atoms with Gasteiger partial charge in [0.05, 0.1) is 0 Å². The molecule has 7 atom stereocenters. The summed E-state index contributed by atoms with van der Waals surface area (Å²) in [6.07, 6.45) is 6.54. The molecular weight excluding hydrogens is 327 g/mol. The lowest BCUT2D eigenvalue weighted by molar-refractivity contribution is -0.158. The minimum atomic E-state index is -1.39. The quantitative estimate of drug-likeness (QED) is 0.744. The van der Waals surface area contributed by atoms with E-state index in [2.05, 4.69) is 28.1 Å². The van der Waals surface area contributed by atoms with Gasteiger partial charge in [-0.25, -0.2) is 0 Å². The lowest BCUT2D eigenvalue weighted by atomic mass is 9.29. The van der Waals surface area contributed by atoms with Crippen molar-refractivity contribution in [3.8, 4) is 0 Å². The van der Waals surface area contributed by atoms with Gasteiger partial charge in [0.25, 0.3) is 0 Å². The molecule has 0 aromatic carbocycles. The van der Waals surface area contributed by atoms with Crippen molar-refractivity contribution in [2.24, 2.45) is 28.1 Å². The van der Waals surface area contributed by atoms with Crippen molar-refractivity contribution in [3.63, 3.8) is 0 Å². The highest BCUT2D eigenvalue weighted by molar-refractivity contribution is 6.39. The van der Waals surface area contributed by atoms with Crippen molar-refractivity contribution in [1.82, 2.24) is 0 Å². The first-order valence-corrected chi connectivity index (χ1v) is 10.3. The van der Waals surface area contributed by atoms with Crippen LogP contribution in [0.1, 0.15) is 65.7 Å². The molecular formula is C21H32BO4. The standard InChI is InChI=1S/C21H32BO4/c1-18-7-5-14-15-6-9-21(26,16(25)11-23)20(15,3)12-22-17(14)19(18,2)8-4-13(24)10-18/h14-15,17,23,26H,4-12H2,1-3H3. The predicted octanol–water partition coefficient (Wildman–Crippen LogP) is 2.80. The summed E-state index contributed by atoms with van der Waals surface area (Å²) in [5, 5.41) is 20.6. The largest absolute Gasteiger partial charge is 0.388 e. The molecule has 26 heavy (non-hydrogen) atoms. The van der Waals surface area contributed by atoms with Gasteiger partial charge in [0, 0.05) is 12.8 Å². The molecule has 4 nitrogen and oxygen atoms in total. The van der Waals surface area contributed by atoms with E-state index < -0.39 is 23.4 Å². The zero-order valence-electron chi connectivity index (χ0n) is 16.4. The molecule has 2 N–H and O–H groups in total. The van der Waals surface area contributed by atoms with Crippen LogP contribution in [0.15, 0.2) is 0 Å². The molecule has 0 aromatic rings. The summed E-state index contributed by atoms with van der Waals surface area (Å²) in [5.41, 5.74) is -1.66. The minimum absolute atomic E-state index is 0.0730. The number of rotatable bonds is 2. The molecule has 0 aromatic heterocycles. The molecule has 1 saturated heterocycles. The zero-order chi connectivity index (χ0) is 19.0. The molecule has 1 aliphatic heterocycles. The highest BCUT2D eigenvalue weighted by Gasteiger charge is 2.68. The van der Waals surface area contributed by atoms with Gasteiger partial charge in [-0.2, -0.15) is 0 Å².